The Morgan fingerprint density at radius 1 is 1.12 bits per heavy atom. The van der Waals surface area contributed by atoms with E-state index in [0.29, 0.717) is 6.42 Å². The molecule has 1 aromatic carbocycles. The molecule has 2 aromatic rings. The van der Waals surface area contributed by atoms with Crippen LogP contribution in [-0.4, -0.2) is 49.5 Å². The summed E-state index contributed by atoms with van der Waals surface area (Å²) >= 11 is 0. The van der Waals surface area contributed by atoms with E-state index in [9.17, 15) is 4.79 Å². The maximum absolute atomic E-state index is 11.2. The largest absolute Gasteiger partial charge is 0.496 e. The summed E-state index contributed by atoms with van der Waals surface area (Å²) in [5, 5.41) is 0. The lowest BCUT2D eigenvalue weighted by molar-refractivity contribution is -0.109. The Balaban J connectivity index is 1.73. The minimum Gasteiger partial charge on any atom is -0.496 e. The normalized spacial score (nSPS) is 16.6. The molecule has 5 heteroatoms. The third-order valence-electron chi connectivity index (χ3n) is 4.60. The average Bonchev–Trinajstić information content (AvgIpc) is 2.67. The number of nitrogens with zero attached hydrogens (tertiary/aromatic N) is 3. The van der Waals surface area contributed by atoms with E-state index in [1.54, 1.807) is 7.11 Å². The Morgan fingerprint density at radius 2 is 1.83 bits per heavy atom. The number of carbonyl (C=O) groups is 1. The van der Waals surface area contributed by atoms with Crippen LogP contribution in [0.25, 0.3) is 0 Å². The highest BCUT2D eigenvalue weighted by molar-refractivity contribution is 5.53. The van der Waals surface area contributed by atoms with E-state index in [-0.39, 0.29) is 6.04 Å². The van der Waals surface area contributed by atoms with Gasteiger partial charge >= 0.3 is 0 Å². The van der Waals surface area contributed by atoms with Crippen molar-refractivity contribution in [2.75, 3.05) is 38.2 Å². The number of rotatable bonds is 6. The second-order valence-electron chi connectivity index (χ2n) is 5.89. The molecule has 1 saturated heterocycles. The molecule has 1 aliphatic rings. The number of aromatic nitrogens is 1. The van der Waals surface area contributed by atoms with Gasteiger partial charge in [-0.2, -0.15) is 0 Å². The number of ether oxygens (including phenoxy) is 1. The standard InChI is InChI=1S/C19H23N3O2/c1-24-19-5-3-2-4-17(19)18(8-15-23)22-13-11-21(12-14-22)16-6-9-20-10-7-16/h2-7,9-10,15,18H,8,11-14H2,1H3. The summed E-state index contributed by atoms with van der Waals surface area (Å²) in [6.45, 7) is 3.71. The van der Waals surface area contributed by atoms with E-state index in [1.165, 1.54) is 5.69 Å². The first kappa shape index (κ1) is 16.5. The first-order chi connectivity index (χ1) is 11.8. The van der Waals surface area contributed by atoms with Crippen molar-refractivity contribution < 1.29 is 9.53 Å². The molecular formula is C19H23N3O2. The number of hydrogen-bond donors (Lipinski definition) is 0. The Bertz CT molecular complexity index is 655. The Kier molecular flexibility index (Phi) is 5.43. The lowest BCUT2D eigenvalue weighted by Crippen LogP contribution is -2.47. The first-order valence-electron chi connectivity index (χ1n) is 8.29. The SMILES string of the molecule is COc1ccccc1C(CC=O)N1CCN(c2ccncc2)CC1. The number of carbonyl (C=O) groups excluding carboxylic acids is 1. The van der Waals surface area contributed by atoms with E-state index in [4.69, 9.17) is 4.74 Å². The van der Waals surface area contributed by atoms with Crippen molar-refractivity contribution in [2.45, 2.75) is 12.5 Å². The molecule has 2 heterocycles. The Morgan fingerprint density at radius 3 is 2.50 bits per heavy atom. The lowest BCUT2D eigenvalue weighted by atomic mass is 10.0. The van der Waals surface area contributed by atoms with Crippen molar-refractivity contribution in [2.24, 2.45) is 0 Å². The fraction of sp³-hybridized carbons (Fsp3) is 0.368. The molecule has 0 bridgehead atoms. The number of para-hydroxylation sites is 1. The minimum absolute atomic E-state index is 0.0678. The van der Waals surface area contributed by atoms with Crippen LogP contribution in [0.15, 0.2) is 48.8 Å². The molecule has 126 valence electrons. The van der Waals surface area contributed by atoms with Crippen molar-refractivity contribution in [3.8, 4) is 5.75 Å². The van der Waals surface area contributed by atoms with Gasteiger partial charge in [-0.15, -0.1) is 0 Å². The fourth-order valence-corrected chi connectivity index (χ4v) is 3.35. The summed E-state index contributed by atoms with van der Waals surface area (Å²) in [5.74, 6) is 0.848. The quantitative estimate of drug-likeness (QED) is 0.764. The second-order valence-corrected chi connectivity index (χ2v) is 5.89. The number of anilines is 1. The first-order valence-corrected chi connectivity index (χ1v) is 8.29. The molecule has 1 atom stereocenters. The van der Waals surface area contributed by atoms with E-state index >= 15 is 0 Å². The number of methoxy groups -OCH3 is 1. The van der Waals surface area contributed by atoms with E-state index < -0.39 is 0 Å². The summed E-state index contributed by atoms with van der Waals surface area (Å²) in [5.41, 5.74) is 2.29. The maximum atomic E-state index is 11.2. The third kappa shape index (κ3) is 3.57. The lowest BCUT2D eigenvalue weighted by Gasteiger charge is -2.40. The van der Waals surface area contributed by atoms with Gasteiger partial charge in [0.25, 0.3) is 0 Å². The van der Waals surface area contributed by atoms with Gasteiger partial charge in [0.1, 0.15) is 12.0 Å². The number of aldehydes is 1. The van der Waals surface area contributed by atoms with Crippen molar-refractivity contribution >= 4 is 12.0 Å². The van der Waals surface area contributed by atoms with E-state index in [1.807, 2.05) is 42.7 Å². The van der Waals surface area contributed by atoms with Crippen LogP contribution in [0.3, 0.4) is 0 Å². The van der Waals surface area contributed by atoms with Crippen LogP contribution >= 0.6 is 0 Å². The maximum Gasteiger partial charge on any atom is 0.123 e. The van der Waals surface area contributed by atoms with Gasteiger partial charge in [-0.1, -0.05) is 18.2 Å². The Hall–Kier alpha value is -2.40. The summed E-state index contributed by atoms with van der Waals surface area (Å²) < 4.78 is 5.49. The highest BCUT2D eigenvalue weighted by Gasteiger charge is 2.26. The smallest absolute Gasteiger partial charge is 0.123 e. The summed E-state index contributed by atoms with van der Waals surface area (Å²) in [4.78, 5) is 20.0. The van der Waals surface area contributed by atoms with Gasteiger partial charge in [0, 0.05) is 62.3 Å². The molecule has 0 N–H and O–H groups in total. The number of piperazine rings is 1. The highest BCUT2D eigenvalue weighted by atomic mass is 16.5. The molecule has 1 aromatic heterocycles. The summed E-state index contributed by atoms with van der Waals surface area (Å²) in [6.07, 6.45) is 5.14. The van der Waals surface area contributed by atoms with Crippen LogP contribution in [0, 0.1) is 0 Å². The molecule has 24 heavy (non-hydrogen) atoms. The number of hydrogen-bond acceptors (Lipinski definition) is 5. The highest BCUT2D eigenvalue weighted by Crippen LogP contribution is 2.32. The zero-order chi connectivity index (χ0) is 16.8. The van der Waals surface area contributed by atoms with Gasteiger partial charge in [-0.05, 0) is 18.2 Å². The van der Waals surface area contributed by atoms with E-state index in [2.05, 4.69) is 20.9 Å². The van der Waals surface area contributed by atoms with Gasteiger partial charge in [-0.3, -0.25) is 9.88 Å². The van der Waals surface area contributed by atoms with Gasteiger partial charge in [0.05, 0.1) is 7.11 Å². The molecule has 0 amide bonds. The van der Waals surface area contributed by atoms with Crippen molar-refractivity contribution in [1.29, 1.82) is 0 Å². The molecule has 1 unspecified atom stereocenters. The predicted molar refractivity (Wildman–Crippen MR) is 94.4 cm³/mol. The monoisotopic (exact) mass is 325 g/mol. The number of benzene rings is 1. The van der Waals surface area contributed by atoms with Crippen molar-refractivity contribution in [3.05, 3.63) is 54.4 Å². The minimum atomic E-state index is 0.0678. The predicted octanol–water partition coefficient (Wildman–Crippen LogP) is 2.54. The van der Waals surface area contributed by atoms with Gasteiger partial charge in [0.15, 0.2) is 0 Å². The molecule has 1 fully saturated rings. The molecule has 3 rings (SSSR count). The molecule has 0 spiro atoms. The zero-order valence-corrected chi connectivity index (χ0v) is 14.0. The third-order valence-corrected chi connectivity index (χ3v) is 4.60. The molecule has 0 saturated carbocycles. The van der Waals surface area contributed by atoms with Crippen LogP contribution in [0.5, 0.6) is 5.75 Å². The van der Waals surface area contributed by atoms with Crippen molar-refractivity contribution in [1.82, 2.24) is 9.88 Å². The molecule has 1 aliphatic heterocycles. The summed E-state index contributed by atoms with van der Waals surface area (Å²) in [6, 6.07) is 12.1. The van der Waals surface area contributed by atoms with Gasteiger partial charge in [-0.25, -0.2) is 0 Å². The zero-order valence-electron chi connectivity index (χ0n) is 14.0. The fourth-order valence-electron chi connectivity index (χ4n) is 3.35. The van der Waals surface area contributed by atoms with Crippen molar-refractivity contribution in [3.63, 3.8) is 0 Å². The Labute approximate surface area is 142 Å². The van der Waals surface area contributed by atoms with Crippen LogP contribution in [0.2, 0.25) is 0 Å². The molecule has 0 radical (unpaired) electrons. The van der Waals surface area contributed by atoms with E-state index in [0.717, 1.165) is 43.8 Å². The van der Waals surface area contributed by atoms with Crippen LogP contribution in [0.1, 0.15) is 18.0 Å². The second kappa shape index (κ2) is 7.93. The molecule has 5 nitrogen and oxygen atoms in total. The van der Waals surface area contributed by atoms with Gasteiger partial charge < -0.3 is 14.4 Å². The average molecular weight is 325 g/mol. The summed E-state index contributed by atoms with van der Waals surface area (Å²) in [7, 11) is 1.68. The van der Waals surface area contributed by atoms with Crippen LogP contribution in [0.4, 0.5) is 5.69 Å². The topological polar surface area (TPSA) is 45.7 Å². The van der Waals surface area contributed by atoms with Crippen LogP contribution < -0.4 is 9.64 Å². The molecule has 0 aliphatic carbocycles. The van der Waals surface area contributed by atoms with Gasteiger partial charge in [0.2, 0.25) is 0 Å². The van der Waals surface area contributed by atoms with Crippen LogP contribution in [-0.2, 0) is 4.79 Å². The number of pyridine rings is 1. The molecular weight excluding hydrogens is 302 g/mol.